The van der Waals surface area contributed by atoms with Crippen LogP contribution in [-0.2, 0) is 4.74 Å². The zero-order chi connectivity index (χ0) is 16.4. The van der Waals surface area contributed by atoms with Crippen LogP contribution in [0.5, 0.6) is 0 Å². The maximum atomic E-state index is 13.6. The number of carbonyl (C=O) groups excluding carboxylic acids is 1. The van der Waals surface area contributed by atoms with E-state index in [4.69, 9.17) is 10.5 Å². The number of amides is 1. The number of rotatable bonds is 6. The van der Waals surface area contributed by atoms with Gasteiger partial charge in [-0.1, -0.05) is 18.2 Å². The summed E-state index contributed by atoms with van der Waals surface area (Å²) < 4.78 is 18.3. The minimum Gasteiger partial charge on any atom is -0.453 e. The molecule has 0 spiro atoms. The Morgan fingerprint density at radius 3 is 2.55 bits per heavy atom. The van der Waals surface area contributed by atoms with Crippen LogP contribution in [0.4, 0.5) is 9.18 Å². The molecule has 1 saturated heterocycles. The van der Waals surface area contributed by atoms with Crippen molar-refractivity contribution in [1.82, 2.24) is 9.80 Å². The van der Waals surface area contributed by atoms with Gasteiger partial charge >= 0.3 is 6.09 Å². The van der Waals surface area contributed by atoms with E-state index in [9.17, 15) is 9.18 Å². The minimum absolute atomic E-state index is 0.272. The van der Waals surface area contributed by atoms with E-state index in [-0.39, 0.29) is 11.9 Å². The lowest BCUT2D eigenvalue weighted by Gasteiger charge is -2.33. The van der Waals surface area contributed by atoms with Crippen LogP contribution in [0.25, 0.3) is 0 Å². The van der Waals surface area contributed by atoms with E-state index in [0.29, 0.717) is 25.1 Å². The standard InChI is InChI=1S/C16H26FN3O2/c1-3-4-6-14(15(17)13-18)7-5-8-19-9-11-20(12-10-19)16(21)22-2/h3-4,6,13H,5,7-12,18H2,1-2H3/b4-3-,14-6-,15-13-. The summed E-state index contributed by atoms with van der Waals surface area (Å²) in [5.41, 5.74) is 5.87. The van der Waals surface area contributed by atoms with Crippen LogP contribution in [0, 0.1) is 0 Å². The SMILES string of the molecule is C\C=C/C=C(CCCN1CCN(C(=O)OC)CC1)\C(F)=C\N. The van der Waals surface area contributed by atoms with Crippen molar-refractivity contribution in [3.8, 4) is 0 Å². The largest absolute Gasteiger partial charge is 0.453 e. The lowest BCUT2D eigenvalue weighted by atomic mass is 10.1. The molecule has 0 aliphatic carbocycles. The summed E-state index contributed by atoms with van der Waals surface area (Å²) in [7, 11) is 1.40. The number of piperazine rings is 1. The topological polar surface area (TPSA) is 58.8 Å². The second-order valence-electron chi connectivity index (χ2n) is 5.13. The van der Waals surface area contributed by atoms with Gasteiger partial charge in [0.2, 0.25) is 0 Å². The number of methoxy groups -OCH3 is 1. The summed E-state index contributed by atoms with van der Waals surface area (Å²) in [4.78, 5) is 15.4. The van der Waals surface area contributed by atoms with E-state index in [2.05, 4.69) is 4.90 Å². The molecule has 22 heavy (non-hydrogen) atoms. The highest BCUT2D eigenvalue weighted by Crippen LogP contribution is 2.17. The molecule has 1 aliphatic heterocycles. The average Bonchev–Trinajstić information content (AvgIpc) is 2.57. The first-order valence-corrected chi connectivity index (χ1v) is 7.57. The van der Waals surface area contributed by atoms with Gasteiger partial charge in [0.05, 0.1) is 7.11 Å². The lowest BCUT2D eigenvalue weighted by Crippen LogP contribution is -2.48. The summed E-state index contributed by atoms with van der Waals surface area (Å²) in [6.07, 6.45) is 7.65. The monoisotopic (exact) mass is 311 g/mol. The Hall–Kier alpha value is -1.82. The molecule has 1 heterocycles. The number of nitrogens with two attached hydrogens (primary N) is 1. The van der Waals surface area contributed by atoms with E-state index in [1.54, 1.807) is 11.0 Å². The predicted octanol–water partition coefficient (Wildman–Crippen LogP) is 2.42. The van der Waals surface area contributed by atoms with Gasteiger partial charge in [0.1, 0.15) is 5.83 Å². The predicted molar refractivity (Wildman–Crippen MR) is 85.9 cm³/mol. The van der Waals surface area contributed by atoms with Crippen LogP contribution < -0.4 is 5.73 Å². The van der Waals surface area contributed by atoms with Crippen molar-refractivity contribution in [2.45, 2.75) is 19.8 Å². The zero-order valence-electron chi connectivity index (χ0n) is 13.4. The molecule has 1 rings (SSSR count). The molecule has 6 heteroatoms. The molecule has 1 amide bonds. The second-order valence-corrected chi connectivity index (χ2v) is 5.13. The minimum atomic E-state index is -0.367. The highest BCUT2D eigenvalue weighted by molar-refractivity contribution is 5.67. The van der Waals surface area contributed by atoms with Crippen molar-refractivity contribution in [2.24, 2.45) is 5.73 Å². The Labute approximate surface area is 131 Å². The number of allylic oxidation sites excluding steroid dienone is 5. The smallest absolute Gasteiger partial charge is 0.409 e. The molecule has 2 N–H and O–H groups in total. The van der Waals surface area contributed by atoms with E-state index in [1.165, 1.54) is 7.11 Å². The molecule has 0 atom stereocenters. The van der Waals surface area contributed by atoms with Gasteiger partial charge in [0, 0.05) is 32.4 Å². The van der Waals surface area contributed by atoms with Crippen LogP contribution in [0.2, 0.25) is 0 Å². The third-order valence-corrected chi connectivity index (χ3v) is 3.67. The molecule has 124 valence electrons. The molecule has 0 unspecified atom stereocenters. The van der Waals surface area contributed by atoms with Crippen LogP contribution >= 0.6 is 0 Å². The Morgan fingerprint density at radius 2 is 2.00 bits per heavy atom. The van der Waals surface area contributed by atoms with Crippen molar-refractivity contribution in [3.63, 3.8) is 0 Å². The van der Waals surface area contributed by atoms with Gasteiger partial charge in [0.25, 0.3) is 0 Å². The van der Waals surface area contributed by atoms with E-state index >= 15 is 0 Å². The summed E-state index contributed by atoms with van der Waals surface area (Å²) >= 11 is 0. The maximum Gasteiger partial charge on any atom is 0.409 e. The number of halogens is 1. The first-order chi connectivity index (χ1) is 10.6. The molecular formula is C16H26FN3O2. The molecule has 0 bridgehead atoms. The van der Waals surface area contributed by atoms with Crippen molar-refractivity contribution in [1.29, 1.82) is 0 Å². The van der Waals surface area contributed by atoms with Crippen LogP contribution in [0.1, 0.15) is 19.8 Å². The normalized spacial score (nSPS) is 18.0. The Morgan fingerprint density at radius 1 is 1.32 bits per heavy atom. The summed E-state index contributed by atoms with van der Waals surface area (Å²) in [5.74, 6) is -0.367. The molecule has 0 aromatic heterocycles. The molecule has 0 radical (unpaired) electrons. The Bertz CT molecular complexity index is 439. The molecule has 0 aromatic carbocycles. The summed E-state index contributed by atoms with van der Waals surface area (Å²) in [6.45, 7) is 5.74. The first kappa shape index (κ1) is 18.2. The zero-order valence-corrected chi connectivity index (χ0v) is 13.4. The molecule has 1 fully saturated rings. The third-order valence-electron chi connectivity index (χ3n) is 3.67. The van der Waals surface area contributed by atoms with Gasteiger partial charge in [-0.05, 0) is 31.9 Å². The van der Waals surface area contributed by atoms with Crippen molar-refractivity contribution in [3.05, 3.63) is 35.8 Å². The molecule has 1 aliphatic rings. The van der Waals surface area contributed by atoms with E-state index in [1.807, 2.05) is 19.1 Å². The van der Waals surface area contributed by atoms with Crippen LogP contribution in [0.3, 0.4) is 0 Å². The van der Waals surface area contributed by atoms with Gasteiger partial charge in [-0.15, -0.1) is 0 Å². The summed E-state index contributed by atoms with van der Waals surface area (Å²) in [5, 5.41) is 0. The highest BCUT2D eigenvalue weighted by Gasteiger charge is 2.20. The van der Waals surface area contributed by atoms with Crippen molar-refractivity contribution < 1.29 is 13.9 Å². The number of hydrogen-bond donors (Lipinski definition) is 1. The fourth-order valence-corrected chi connectivity index (χ4v) is 2.38. The van der Waals surface area contributed by atoms with Crippen LogP contribution in [-0.4, -0.2) is 55.7 Å². The average molecular weight is 311 g/mol. The first-order valence-electron chi connectivity index (χ1n) is 7.57. The molecular weight excluding hydrogens is 285 g/mol. The number of ether oxygens (including phenoxy) is 1. The van der Waals surface area contributed by atoms with E-state index in [0.717, 1.165) is 32.3 Å². The Balaban J connectivity index is 2.36. The molecule has 0 aromatic rings. The van der Waals surface area contributed by atoms with Gasteiger partial charge < -0.3 is 15.4 Å². The summed E-state index contributed by atoms with van der Waals surface area (Å²) in [6, 6.07) is 0. The fourth-order valence-electron chi connectivity index (χ4n) is 2.38. The molecule has 0 saturated carbocycles. The maximum absolute atomic E-state index is 13.6. The Kier molecular flexibility index (Phi) is 8.28. The van der Waals surface area contributed by atoms with Crippen LogP contribution in [0.15, 0.2) is 35.8 Å². The third kappa shape index (κ3) is 5.89. The van der Waals surface area contributed by atoms with Gasteiger partial charge in [0.15, 0.2) is 0 Å². The number of nitrogens with zero attached hydrogens (tertiary/aromatic N) is 2. The fraction of sp³-hybridized carbons (Fsp3) is 0.562. The van der Waals surface area contributed by atoms with Gasteiger partial charge in [-0.25, -0.2) is 9.18 Å². The van der Waals surface area contributed by atoms with Crippen molar-refractivity contribution >= 4 is 6.09 Å². The highest BCUT2D eigenvalue weighted by atomic mass is 19.1. The van der Waals surface area contributed by atoms with Gasteiger partial charge in [-0.3, -0.25) is 4.90 Å². The lowest BCUT2D eigenvalue weighted by molar-refractivity contribution is 0.0907. The van der Waals surface area contributed by atoms with Gasteiger partial charge in [-0.2, -0.15) is 0 Å². The number of carbonyl (C=O) groups is 1. The van der Waals surface area contributed by atoms with E-state index < -0.39 is 0 Å². The quantitative estimate of drug-likeness (QED) is 0.765. The second kappa shape index (κ2) is 10.00. The number of hydrogen-bond acceptors (Lipinski definition) is 4. The molecule has 5 nitrogen and oxygen atoms in total. The van der Waals surface area contributed by atoms with Crippen molar-refractivity contribution in [2.75, 3.05) is 39.8 Å².